The third-order valence-corrected chi connectivity index (χ3v) is 3.11. The van der Waals surface area contributed by atoms with E-state index in [1.165, 1.54) is 11.8 Å². The quantitative estimate of drug-likeness (QED) is 0.517. The van der Waals surface area contributed by atoms with Crippen LogP contribution in [0.4, 0.5) is 0 Å². The van der Waals surface area contributed by atoms with Crippen molar-refractivity contribution in [3.63, 3.8) is 0 Å². The minimum Gasteiger partial charge on any atom is -0.494 e. The van der Waals surface area contributed by atoms with Gasteiger partial charge in [0.25, 0.3) is 0 Å². The number of carbonyl (C=O) groups excluding carboxylic acids is 1. The molecule has 0 saturated carbocycles. The highest BCUT2D eigenvalue weighted by Gasteiger charge is 2.05. The van der Waals surface area contributed by atoms with Crippen molar-refractivity contribution in [2.75, 3.05) is 24.7 Å². The van der Waals surface area contributed by atoms with Crippen LogP contribution >= 0.6 is 11.8 Å². The van der Waals surface area contributed by atoms with Gasteiger partial charge < -0.3 is 14.2 Å². The maximum Gasteiger partial charge on any atom is 0.316 e. The van der Waals surface area contributed by atoms with Crippen LogP contribution in [0.1, 0.15) is 20.8 Å². The van der Waals surface area contributed by atoms with Crippen LogP contribution in [-0.4, -0.2) is 36.8 Å². The lowest BCUT2D eigenvalue weighted by atomic mass is 10.3. The fraction of sp³-hybridized carbons (Fsp3) is 0.533. The number of carbonyl (C=O) groups is 1. The maximum absolute atomic E-state index is 11.3. The van der Waals surface area contributed by atoms with Crippen LogP contribution in [0.15, 0.2) is 24.3 Å². The van der Waals surface area contributed by atoms with E-state index in [2.05, 4.69) is 0 Å². The first-order valence-corrected chi connectivity index (χ1v) is 7.90. The van der Waals surface area contributed by atoms with Crippen molar-refractivity contribution < 1.29 is 19.0 Å². The average molecular weight is 298 g/mol. The van der Waals surface area contributed by atoms with Crippen molar-refractivity contribution in [2.45, 2.75) is 26.9 Å². The Morgan fingerprint density at radius 3 is 2.30 bits per heavy atom. The molecule has 0 bridgehead atoms. The van der Waals surface area contributed by atoms with Crippen LogP contribution in [0.5, 0.6) is 11.5 Å². The zero-order valence-electron chi connectivity index (χ0n) is 12.3. The van der Waals surface area contributed by atoms with Gasteiger partial charge in [-0.1, -0.05) is 0 Å². The summed E-state index contributed by atoms with van der Waals surface area (Å²) < 4.78 is 16.0. The molecule has 0 atom stereocenters. The Labute approximate surface area is 124 Å². The first-order valence-electron chi connectivity index (χ1n) is 6.74. The predicted molar refractivity (Wildman–Crippen MR) is 81.7 cm³/mol. The molecular formula is C15H22O4S. The normalized spacial score (nSPS) is 10.4. The number of rotatable bonds is 9. The Hall–Kier alpha value is -1.36. The molecule has 5 heteroatoms. The summed E-state index contributed by atoms with van der Waals surface area (Å²) >= 11 is 1.51. The van der Waals surface area contributed by atoms with E-state index in [-0.39, 0.29) is 12.1 Å². The number of thioether (sulfide) groups is 1. The van der Waals surface area contributed by atoms with Crippen LogP contribution in [0.2, 0.25) is 0 Å². The molecule has 0 aliphatic rings. The van der Waals surface area contributed by atoms with Crippen molar-refractivity contribution in [3.8, 4) is 11.5 Å². The van der Waals surface area contributed by atoms with Crippen LogP contribution in [-0.2, 0) is 9.53 Å². The van der Waals surface area contributed by atoms with Crippen molar-refractivity contribution in [2.24, 2.45) is 0 Å². The molecule has 0 spiro atoms. The molecule has 1 rings (SSSR count). The summed E-state index contributed by atoms with van der Waals surface area (Å²) in [5, 5.41) is 0. The molecule has 1 aromatic carbocycles. The molecule has 112 valence electrons. The van der Waals surface area contributed by atoms with Crippen LogP contribution in [0.3, 0.4) is 0 Å². The van der Waals surface area contributed by atoms with Crippen LogP contribution in [0, 0.1) is 0 Å². The van der Waals surface area contributed by atoms with Gasteiger partial charge in [-0.05, 0) is 45.0 Å². The van der Waals surface area contributed by atoms with Gasteiger partial charge in [0.1, 0.15) is 11.5 Å². The molecule has 1 aromatic rings. The lowest BCUT2D eigenvalue weighted by molar-refractivity contribution is -0.144. The molecule has 0 unspecified atom stereocenters. The number of ether oxygens (including phenoxy) is 3. The molecule has 4 nitrogen and oxygen atoms in total. The van der Waals surface area contributed by atoms with E-state index >= 15 is 0 Å². The highest BCUT2D eigenvalue weighted by Crippen LogP contribution is 2.17. The summed E-state index contributed by atoms with van der Waals surface area (Å²) in [5.41, 5.74) is 0. The third-order valence-electron chi connectivity index (χ3n) is 2.22. The topological polar surface area (TPSA) is 44.8 Å². The van der Waals surface area contributed by atoms with E-state index in [0.29, 0.717) is 19.0 Å². The largest absolute Gasteiger partial charge is 0.494 e. The standard InChI is InChI=1S/C15H22O4S/c1-4-17-13-5-7-14(8-6-13)18-9-10-20-11-15(16)19-12(2)3/h5-8,12H,4,9-11H2,1-3H3. The molecular weight excluding hydrogens is 276 g/mol. The van der Waals surface area contributed by atoms with Crippen molar-refractivity contribution in [1.82, 2.24) is 0 Å². The van der Waals surface area contributed by atoms with Gasteiger partial charge in [0.05, 0.1) is 25.1 Å². The SMILES string of the molecule is CCOc1ccc(OCCSCC(=O)OC(C)C)cc1. The molecule has 0 aromatic heterocycles. The summed E-state index contributed by atoms with van der Waals surface area (Å²) in [6.07, 6.45) is -0.0526. The van der Waals surface area contributed by atoms with Crippen molar-refractivity contribution >= 4 is 17.7 Å². The van der Waals surface area contributed by atoms with Gasteiger partial charge in [-0.25, -0.2) is 0 Å². The van der Waals surface area contributed by atoms with Crippen molar-refractivity contribution in [1.29, 1.82) is 0 Å². The summed E-state index contributed by atoms with van der Waals surface area (Å²) in [5.74, 6) is 2.58. The Morgan fingerprint density at radius 2 is 1.75 bits per heavy atom. The van der Waals surface area contributed by atoms with E-state index in [4.69, 9.17) is 14.2 Å². The van der Waals surface area contributed by atoms with Gasteiger partial charge >= 0.3 is 5.97 Å². The molecule has 0 radical (unpaired) electrons. The molecule has 0 amide bonds. The summed E-state index contributed by atoms with van der Waals surface area (Å²) in [7, 11) is 0. The highest BCUT2D eigenvalue weighted by atomic mass is 32.2. The number of hydrogen-bond donors (Lipinski definition) is 0. The van der Waals surface area contributed by atoms with Crippen LogP contribution < -0.4 is 9.47 Å². The monoisotopic (exact) mass is 298 g/mol. The fourth-order valence-electron chi connectivity index (χ4n) is 1.47. The zero-order valence-corrected chi connectivity index (χ0v) is 13.1. The lowest BCUT2D eigenvalue weighted by Crippen LogP contribution is -2.14. The average Bonchev–Trinajstić information content (AvgIpc) is 2.40. The minimum atomic E-state index is -0.175. The van der Waals surface area contributed by atoms with E-state index in [1.807, 2.05) is 45.0 Å². The molecule has 20 heavy (non-hydrogen) atoms. The van der Waals surface area contributed by atoms with Gasteiger partial charge in [0, 0.05) is 5.75 Å². The van der Waals surface area contributed by atoms with Gasteiger partial charge in [0.2, 0.25) is 0 Å². The summed E-state index contributed by atoms with van der Waals surface area (Å²) in [4.78, 5) is 11.3. The Bertz CT molecular complexity index is 389. The van der Waals surface area contributed by atoms with Crippen LogP contribution in [0.25, 0.3) is 0 Å². The van der Waals surface area contributed by atoms with E-state index in [0.717, 1.165) is 17.3 Å². The predicted octanol–water partition coefficient (Wildman–Crippen LogP) is 3.15. The van der Waals surface area contributed by atoms with E-state index in [1.54, 1.807) is 0 Å². The summed E-state index contributed by atoms with van der Waals surface area (Å²) in [6, 6.07) is 7.52. The second-order valence-corrected chi connectivity index (χ2v) is 5.45. The molecule has 0 fully saturated rings. The zero-order chi connectivity index (χ0) is 14.8. The van der Waals surface area contributed by atoms with Gasteiger partial charge in [-0.15, -0.1) is 11.8 Å². The second kappa shape index (κ2) is 9.53. The van der Waals surface area contributed by atoms with Gasteiger partial charge in [-0.2, -0.15) is 0 Å². The molecule has 0 heterocycles. The fourth-order valence-corrected chi connectivity index (χ4v) is 2.05. The first kappa shape index (κ1) is 16.7. The Morgan fingerprint density at radius 1 is 1.15 bits per heavy atom. The molecule has 0 aliphatic carbocycles. The van der Waals surface area contributed by atoms with E-state index < -0.39 is 0 Å². The Balaban J connectivity index is 2.13. The molecule has 0 aliphatic heterocycles. The van der Waals surface area contributed by atoms with Crippen molar-refractivity contribution in [3.05, 3.63) is 24.3 Å². The molecule has 0 saturated heterocycles. The first-order chi connectivity index (χ1) is 9.61. The third kappa shape index (κ3) is 7.28. The second-order valence-electron chi connectivity index (χ2n) is 4.34. The highest BCUT2D eigenvalue weighted by molar-refractivity contribution is 7.99. The van der Waals surface area contributed by atoms with Gasteiger partial charge in [-0.3, -0.25) is 4.79 Å². The number of benzene rings is 1. The maximum atomic E-state index is 11.3. The minimum absolute atomic E-state index is 0.0526. The van der Waals surface area contributed by atoms with Gasteiger partial charge in [0.15, 0.2) is 0 Å². The smallest absolute Gasteiger partial charge is 0.316 e. The Kier molecular flexibility index (Phi) is 7.95. The number of hydrogen-bond acceptors (Lipinski definition) is 5. The summed E-state index contributed by atoms with van der Waals surface area (Å²) in [6.45, 7) is 6.86. The lowest BCUT2D eigenvalue weighted by Gasteiger charge is -2.09. The molecule has 0 N–H and O–H groups in total. The van der Waals surface area contributed by atoms with E-state index in [9.17, 15) is 4.79 Å². The number of esters is 1.